The Balaban J connectivity index is 2.22. The number of nitrogens with one attached hydrogen (secondary N) is 1. The highest BCUT2D eigenvalue weighted by atomic mass is 15.3. The van der Waals surface area contributed by atoms with E-state index in [-0.39, 0.29) is 0 Å². The van der Waals surface area contributed by atoms with Gasteiger partial charge in [-0.25, -0.2) is 9.67 Å². The van der Waals surface area contributed by atoms with E-state index in [4.69, 9.17) is 0 Å². The van der Waals surface area contributed by atoms with Crippen LogP contribution >= 0.6 is 0 Å². The molecule has 0 aliphatic heterocycles. The summed E-state index contributed by atoms with van der Waals surface area (Å²) in [6.07, 6.45) is 4.88. The van der Waals surface area contributed by atoms with Crippen molar-refractivity contribution in [2.75, 3.05) is 11.9 Å². The molecule has 16 heavy (non-hydrogen) atoms. The average molecular weight is 216 g/mol. The quantitative estimate of drug-likeness (QED) is 0.853. The van der Waals surface area contributed by atoms with Crippen LogP contribution in [-0.4, -0.2) is 21.3 Å². The maximum atomic E-state index is 4.48. The van der Waals surface area contributed by atoms with Crippen LogP contribution in [0.25, 0.3) is 5.82 Å². The van der Waals surface area contributed by atoms with E-state index in [1.54, 1.807) is 4.68 Å². The van der Waals surface area contributed by atoms with Crippen LogP contribution in [0.3, 0.4) is 0 Å². The van der Waals surface area contributed by atoms with Gasteiger partial charge >= 0.3 is 0 Å². The van der Waals surface area contributed by atoms with Crippen LogP contribution in [0.2, 0.25) is 0 Å². The zero-order valence-corrected chi connectivity index (χ0v) is 9.64. The normalized spacial score (nSPS) is 10.4. The highest BCUT2D eigenvalue weighted by Gasteiger charge is 2.00. The van der Waals surface area contributed by atoms with Crippen molar-refractivity contribution in [1.82, 2.24) is 14.8 Å². The van der Waals surface area contributed by atoms with Crippen molar-refractivity contribution in [1.29, 1.82) is 0 Å². The minimum Gasteiger partial charge on any atom is -0.370 e. The van der Waals surface area contributed by atoms with Crippen LogP contribution in [-0.2, 0) is 0 Å². The van der Waals surface area contributed by atoms with Gasteiger partial charge in [0.25, 0.3) is 0 Å². The Kier molecular flexibility index (Phi) is 3.19. The van der Waals surface area contributed by atoms with Crippen LogP contribution in [0.4, 0.5) is 5.82 Å². The van der Waals surface area contributed by atoms with Crippen LogP contribution in [0.1, 0.15) is 18.9 Å². The standard InChI is InChI=1S/C12H16N4/c1-3-7-13-11-5-4-6-12(15-11)16-9-10(2)8-14-16/h4-6,8-9H,3,7H2,1-2H3,(H,13,15). The molecule has 0 aliphatic carbocycles. The van der Waals surface area contributed by atoms with Gasteiger partial charge in [0.05, 0.1) is 6.20 Å². The molecular formula is C12H16N4. The van der Waals surface area contributed by atoms with Gasteiger partial charge in [-0.1, -0.05) is 13.0 Å². The van der Waals surface area contributed by atoms with Gasteiger partial charge in [0, 0.05) is 12.7 Å². The molecule has 2 rings (SSSR count). The Morgan fingerprint density at radius 2 is 2.25 bits per heavy atom. The van der Waals surface area contributed by atoms with Gasteiger partial charge in [-0.15, -0.1) is 0 Å². The summed E-state index contributed by atoms with van der Waals surface area (Å²) in [5, 5.41) is 7.49. The van der Waals surface area contributed by atoms with E-state index in [0.717, 1.165) is 30.2 Å². The fourth-order valence-electron chi connectivity index (χ4n) is 1.44. The maximum Gasteiger partial charge on any atom is 0.155 e. The van der Waals surface area contributed by atoms with E-state index in [1.807, 2.05) is 37.5 Å². The van der Waals surface area contributed by atoms with E-state index in [2.05, 4.69) is 22.3 Å². The van der Waals surface area contributed by atoms with E-state index < -0.39 is 0 Å². The lowest BCUT2D eigenvalue weighted by Crippen LogP contribution is -2.04. The molecule has 0 unspecified atom stereocenters. The summed E-state index contributed by atoms with van der Waals surface area (Å²) in [6.45, 7) is 5.09. The molecule has 0 bridgehead atoms. The number of aromatic nitrogens is 3. The molecule has 0 aromatic carbocycles. The molecule has 2 aromatic heterocycles. The molecule has 4 heteroatoms. The number of hydrogen-bond acceptors (Lipinski definition) is 3. The van der Waals surface area contributed by atoms with Gasteiger partial charge in [-0.05, 0) is 31.0 Å². The third-order valence-electron chi connectivity index (χ3n) is 2.24. The van der Waals surface area contributed by atoms with Crippen LogP contribution in [0.5, 0.6) is 0 Å². The Hall–Kier alpha value is -1.84. The van der Waals surface area contributed by atoms with Crippen molar-refractivity contribution < 1.29 is 0 Å². The SMILES string of the molecule is CCCNc1cccc(-n2cc(C)cn2)n1. The van der Waals surface area contributed by atoms with Gasteiger partial charge in [0.15, 0.2) is 5.82 Å². The van der Waals surface area contributed by atoms with Crippen LogP contribution in [0.15, 0.2) is 30.6 Å². The average Bonchev–Trinajstić information content (AvgIpc) is 2.74. The van der Waals surface area contributed by atoms with Crippen molar-refractivity contribution in [3.8, 4) is 5.82 Å². The van der Waals surface area contributed by atoms with Crippen molar-refractivity contribution in [2.45, 2.75) is 20.3 Å². The predicted molar refractivity (Wildman–Crippen MR) is 64.9 cm³/mol. The van der Waals surface area contributed by atoms with Crippen LogP contribution < -0.4 is 5.32 Å². The summed E-state index contributed by atoms with van der Waals surface area (Å²) in [6, 6.07) is 5.90. The minimum atomic E-state index is 0.842. The Labute approximate surface area is 95.3 Å². The summed E-state index contributed by atoms with van der Waals surface area (Å²) in [5.74, 6) is 1.74. The molecular weight excluding hydrogens is 200 g/mol. The molecule has 84 valence electrons. The Morgan fingerprint density at radius 3 is 2.94 bits per heavy atom. The number of aryl methyl sites for hydroxylation is 1. The molecule has 0 atom stereocenters. The van der Waals surface area contributed by atoms with E-state index in [1.165, 1.54) is 0 Å². The monoisotopic (exact) mass is 216 g/mol. The number of anilines is 1. The van der Waals surface area contributed by atoms with Gasteiger partial charge in [-0.3, -0.25) is 0 Å². The predicted octanol–water partition coefficient (Wildman–Crippen LogP) is 2.40. The summed E-state index contributed by atoms with van der Waals surface area (Å²) < 4.78 is 1.78. The minimum absolute atomic E-state index is 0.842. The van der Waals surface area contributed by atoms with Crippen molar-refractivity contribution in [3.05, 3.63) is 36.2 Å². The fraction of sp³-hybridized carbons (Fsp3) is 0.333. The second kappa shape index (κ2) is 4.79. The Morgan fingerprint density at radius 1 is 1.38 bits per heavy atom. The third kappa shape index (κ3) is 2.39. The lowest BCUT2D eigenvalue weighted by molar-refractivity contribution is 0.845. The Bertz CT molecular complexity index is 462. The van der Waals surface area contributed by atoms with Gasteiger partial charge in [0.1, 0.15) is 5.82 Å². The van der Waals surface area contributed by atoms with E-state index >= 15 is 0 Å². The number of pyridine rings is 1. The lowest BCUT2D eigenvalue weighted by atomic mass is 10.4. The highest BCUT2D eigenvalue weighted by Crippen LogP contribution is 2.09. The summed E-state index contributed by atoms with van der Waals surface area (Å²) >= 11 is 0. The first-order valence-electron chi connectivity index (χ1n) is 5.52. The third-order valence-corrected chi connectivity index (χ3v) is 2.24. The molecule has 0 saturated heterocycles. The zero-order chi connectivity index (χ0) is 11.4. The molecule has 0 spiro atoms. The molecule has 2 heterocycles. The van der Waals surface area contributed by atoms with Crippen molar-refractivity contribution >= 4 is 5.82 Å². The van der Waals surface area contributed by atoms with Gasteiger partial charge in [-0.2, -0.15) is 5.10 Å². The van der Waals surface area contributed by atoms with Crippen molar-refractivity contribution in [3.63, 3.8) is 0 Å². The second-order valence-corrected chi connectivity index (χ2v) is 3.77. The lowest BCUT2D eigenvalue weighted by Gasteiger charge is -2.05. The van der Waals surface area contributed by atoms with Gasteiger partial charge in [0.2, 0.25) is 0 Å². The molecule has 0 fully saturated rings. The first-order chi connectivity index (χ1) is 7.79. The molecule has 1 N–H and O–H groups in total. The van der Waals surface area contributed by atoms with E-state index in [9.17, 15) is 0 Å². The molecule has 2 aromatic rings. The molecule has 0 aliphatic rings. The molecule has 4 nitrogen and oxygen atoms in total. The molecule has 0 radical (unpaired) electrons. The second-order valence-electron chi connectivity index (χ2n) is 3.77. The van der Waals surface area contributed by atoms with Gasteiger partial charge < -0.3 is 5.32 Å². The summed E-state index contributed by atoms with van der Waals surface area (Å²) in [4.78, 5) is 4.48. The molecule has 0 saturated carbocycles. The highest BCUT2D eigenvalue weighted by molar-refractivity contribution is 5.39. The van der Waals surface area contributed by atoms with Crippen LogP contribution in [0, 0.1) is 6.92 Å². The first-order valence-corrected chi connectivity index (χ1v) is 5.52. The number of hydrogen-bond donors (Lipinski definition) is 1. The molecule has 0 amide bonds. The fourth-order valence-corrected chi connectivity index (χ4v) is 1.44. The summed E-state index contributed by atoms with van der Waals surface area (Å²) in [7, 11) is 0. The van der Waals surface area contributed by atoms with Crippen molar-refractivity contribution in [2.24, 2.45) is 0 Å². The maximum absolute atomic E-state index is 4.48. The van der Waals surface area contributed by atoms with E-state index in [0.29, 0.717) is 0 Å². The largest absolute Gasteiger partial charge is 0.370 e. The smallest absolute Gasteiger partial charge is 0.155 e. The summed E-state index contributed by atoms with van der Waals surface area (Å²) in [5.41, 5.74) is 1.13. The number of rotatable bonds is 4. The zero-order valence-electron chi connectivity index (χ0n) is 9.64. The topological polar surface area (TPSA) is 42.7 Å². The number of nitrogens with zero attached hydrogens (tertiary/aromatic N) is 3. The first kappa shape index (κ1) is 10.7.